The van der Waals surface area contributed by atoms with Crippen LogP contribution < -0.4 is 0 Å². The Hall–Kier alpha value is -5.54. The van der Waals surface area contributed by atoms with Crippen LogP contribution in [0.3, 0.4) is 0 Å². The van der Waals surface area contributed by atoms with Crippen molar-refractivity contribution in [2.75, 3.05) is 0 Å². The largest absolute Gasteiger partial charge is 0.436 e. The normalized spacial score (nSPS) is 11.4. The molecule has 0 saturated heterocycles. The van der Waals surface area contributed by atoms with Crippen LogP contribution >= 0.6 is 0 Å². The highest BCUT2D eigenvalue weighted by molar-refractivity contribution is 6.17. The molecule has 0 bridgehead atoms. The molecule has 0 saturated carbocycles. The van der Waals surface area contributed by atoms with Crippen LogP contribution in [0.25, 0.3) is 77.7 Å². The van der Waals surface area contributed by atoms with Gasteiger partial charge in [-0.2, -0.15) is 0 Å². The molecular weight excluding hydrogens is 500 g/mol. The first-order valence-electron chi connectivity index (χ1n) is 13.8. The van der Waals surface area contributed by atoms with Gasteiger partial charge in [0.25, 0.3) is 0 Å². The number of benzene rings is 6. The van der Waals surface area contributed by atoms with E-state index < -0.39 is 0 Å². The molecule has 0 spiro atoms. The Morgan fingerprint density at radius 2 is 1.10 bits per heavy atom. The summed E-state index contributed by atoms with van der Waals surface area (Å²) in [6.07, 6.45) is 0. The minimum Gasteiger partial charge on any atom is -0.436 e. The van der Waals surface area contributed by atoms with Crippen molar-refractivity contribution in [2.24, 2.45) is 0 Å². The van der Waals surface area contributed by atoms with Crippen molar-refractivity contribution in [3.05, 3.63) is 146 Å². The number of aromatic nitrogens is 2. The SMILES string of the molecule is c1ccc(-c2nc3cc(-c4ccc(-c5nc6ccccc6o5)cc4)ccc3c3c(-c4ccccc4)cccc23)cc1. The summed E-state index contributed by atoms with van der Waals surface area (Å²) in [4.78, 5) is 9.91. The lowest BCUT2D eigenvalue weighted by Crippen LogP contribution is -1.92. The van der Waals surface area contributed by atoms with E-state index in [0.29, 0.717) is 5.89 Å². The molecule has 0 unspecified atom stereocenters. The fourth-order valence-electron chi connectivity index (χ4n) is 5.71. The quantitative estimate of drug-likeness (QED) is 0.215. The lowest BCUT2D eigenvalue weighted by molar-refractivity contribution is 0.620. The second-order valence-corrected chi connectivity index (χ2v) is 10.2. The topological polar surface area (TPSA) is 38.9 Å². The van der Waals surface area contributed by atoms with E-state index >= 15 is 0 Å². The zero-order valence-corrected chi connectivity index (χ0v) is 22.2. The Bertz CT molecular complexity index is 2150. The van der Waals surface area contributed by atoms with Gasteiger partial charge in [0.05, 0.1) is 11.2 Å². The maximum absolute atomic E-state index is 5.98. The molecule has 2 heterocycles. The zero-order chi connectivity index (χ0) is 27.2. The number of fused-ring (bicyclic) bond motifs is 4. The van der Waals surface area contributed by atoms with Gasteiger partial charge in [-0.3, -0.25) is 0 Å². The van der Waals surface area contributed by atoms with Crippen LogP contribution in [-0.4, -0.2) is 9.97 Å². The molecule has 0 N–H and O–H groups in total. The summed E-state index contributed by atoms with van der Waals surface area (Å²) in [5.41, 5.74) is 10.3. The summed E-state index contributed by atoms with van der Waals surface area (Å²) in [6.45, 7) is 0. The van der Waals surface area contributed by atoms with Gasteiger partial charge >= 0.3 is 0 Å². The van der Waals surface area contributed by atoms with E-state index in [1.54, 1.807) is 0 Å². The molecule has 0 radical (unpaired) electrons. The molecule has 8 rings (SSSR count). The van der Waals surface area contributed by atoms with E-state index in [1.165, 1.54) is 16.5 Å². The average molecular weight is 525 g/mol. The third-order valence-electron chi connectivity index (χ3n) is 7.71. The number of para-hydroxylation sites is 2. The molecule has 0 aliphatic carbocycles. The van der Waals surface area contributed by atoms with Crippen LogP contribution in [0.4, 0.5) is 0 Å². The Kier molecular flexibility index (Phi) is 5.46. The minimum absolute atomic E-state index is 0.630. The van der Waals surface area contributed by atoms with Crippen molar-refractivity contribution >= 4 is 32.8 Å². The van der Waals surface area contributed by atoms with Crippen LogP contribution in [0, 0.1) is 0 Å². The highest BCUT2D eigenvalue weighted by Gasteiger charge is 2.15. The van der Waals surface area contributed by atoms with Crippen molar-refractivity contribution in [3.8, 4) is 45.0 Å². The third-order valence-corrected chi connectivity index (χ3v) is 7.71. The molecule has 0 aliphatic rings. The summed E-state index contributed by atoms with van der Waals surface area (Å²) in [5, 5.41) is 3.52. The van der Waals surface area contributed by atoms with Crippen LogP contribution in [0.5, 0.6) is 0 Å². The van der Waals surface area contributed by atoms with Crippen molar-refractivity contribution in [1.82, 2.24) is 9.97 Å². The van der Waals surface area contributed by atoms with Crippen LogP contribution in [-0.2, 0) is 0 Å². The van der Waals surface area contributed by atoms with E-state index in [1.807, 2.05) is 30.3 Å². The van der Waals surface area contributed by atoms with Gasteiger partial charge in [0.1, 0.15) is 5.52 Å². The van der Waals surface area contributed by atoms with Crippen molar-refractivity contribution in [1.29, 1.82) is 0 Å². The molecule has 0 amide bonds. The van der Waals surface area contributed by atoms with Gasteiger partial charge in [-0.25, -0.2) is 9.97 Å². The van der Waals surface area contributed by atoms with E-state index in [4.69, 9.17) is 9.40 Å². The Balaban J connectivity index is 1.29. The fourth-order valence-corrected chi connectivity index (χ4v) is 5.71. The van der Waals surface area contributed by atoms with Crippen molar-refractivity contribution in [2.45, 2.75) is 0 Å². The standard InChI is InChI=1S/C38H24N2O/c1-3-10-26(11-4-1)30-14-9-15-32-36(30)31-23-22-29(24-34(31)39-37(32)27-12-5-2-6-13-27)25-18-20-28(21-19-25)38-40-33-16-7-8-17-35(33)41-38/h1-24H. The van der Waals surface area contributed by atoms with Gasteiger partial charge in [-0.05, 0) is 52.6 Å². The van der Waals surface area contributed by atoms with Gasteiger partial charge in [-0.15, -0.1) is 0 Å². The molecule has 8 aromatic rings. The first kappa shape index (κ1) is 23.4. The number of pyridine rings is 1. The summed E-state index contributed by atoms with van der Waals surface area (Å²) >= 11 is 0. The van der Waals surface area contributed by atoms with Crippen molar-refractivity contribution in [3.63, 3.8) is 0 Å². The Morgan fingerprint density at radius 1 is 0.415 bits per heavy atom. The summed E-state index contributed by atoms with van der Waals surface area (Å²) < 4.78 is 5.98. The maximum Gasteiger partial charge on any atom is 0.227 e. The highest BCUT2D eigenvalue weighted by Crippen LogP contribution is 2.39. The lowest BCUT2D eigenvalue weighted by atomic mass is 9.92. The monoisotopic (exact) mass is 524 g/mol. The highest BCUT2D eigenvalue weighted by atomic mass is 16.3. The number of oxazole rings is 1. The molecular formula is C38H24N2O. The summed E-state index contributed by atoms with van der Waals surface area (Å²) in [5.74, 6) is 0.630. The Labute approximate surface area is 237 Å². The summed E-state index contributed by atoms with van der Waals surface area (Å²) in [7, 11) is 0. The van der Waals surface area contributed by atoms with E-state index in [9.17, 15) is 0 Å². The van der Waals surface area contributed by atoms with Gasteiger partial charge in [0.15, 0.2) is 5.58 Å². The second-order valence-electron chi connectivity index (χ2n) is 10.2. The molecule has 0 aliphatic heterocycles. The van der Waals surface area contributed by atoms with Gasteiger partial charge in [0, 0.05) is 27.3 Å². The summed E-state index contributed by atoms with van der Waals surface area (Å²) in [6, 6.07) is 50.5. The van der Waals surface area contributed by atoms with Gasteiger partial charge < -0.3 is 4.42 Å². The number of nitrogens with zero attached hydrogens (tertiary/aromatic N) is 2. The molecule has 0 atom stereocenters. The number of hydrogen-bond donors (Lipinski definition) is 0. The van der Waals surface area contributed by atoms with E-state index in [-0.39, 0.29) is 0 Å². The lowest BCUT2D eigenvalue weighted by Gasteiger charge is -2.15. The molecule has 3 nitrogen and oxygen atoms in total. The number of rotatable bonds is 4. The molecule has 41 heavy (non-hydrogen) atoms. The molecule has 192 valence electrons. The predicted octanol–water partition coefficient (Wildman–Crippen LogP) is 10.2. The molecule has 6 aromatic carbocycles. The second kappa shape index (κ2) is 9.58. The minimum atomic E-state index is 0.630. The smallest absolute Gasteiger partial charge is 0.227 e. The van der Waals surface area contributed by atoms with Crippen molar-refractivity contribution < 1.29 is 4.42 Å². The third kappa shape index (κ3) is 4.07. The first-order chi connectivity index (χ1) is 20.3. The van der Waals surface area contributed by atoms with Crippen LogP contribution in [0.2, 0.25) is 0 Å². The van der Waals surface area contributed by atoms with Gasteiger partial charge in [-0.1, -0.05) is 115 Å². The van der Waals surface area contributed by atoms with Crippen LogP contribution in [0.15, 0.2) is 150 Å². The van der Waals surface area contributed by atoms with E-state index in [2.05, 4.69) is 120 Å². The molecule has 2 aromatic heterocycles. The zero-order valence-electron chi connectivity index (χ0n) is 22.2. The maximum atomic E-state index is 5.98. The Morgan fingerprint density at radius 3 is 1.88 bits per heavy atom. The predicted molar refractivity (Wildman–Crippen MR) is 169 cm³/mol. The molecule has 3 heteroatoms. The molecule has 0 fully saturated rings. The average Bonchev–Trinajstić information content (AvgIpc) is 3.49. The first-order valence-corrected chi connectivity index (χ1v) is 13.8. The van der Waals surface area contributed by atoms with E-state index in [0.717, 1.165) is 55.3 Å². The van der Waals surface area contributed by atoms with Crippen LogP contribution in [0.1, 0.15) is 0 Å². The fraction of sp³-hybridized carbons (Fsp3) is 0. The number of hydrogen-bond acceptors (Lipinski definition) is 3. The van der Waals surface area contributed by atoms with Gasteiger partial charge in [0.2, 0.25) is 5.89 Å².